The lowest BCUT2D eigenvalue weighted by atomic mass is 10.1. The van der Waals surface area contributed by atoms with Crippen LogP contribution in [0.25, 0.3) is 11.0 Å². The minimum atomic E-state index is -0.611. The lowest BCUT2D eigenvalue weighted by Crippen LogP contribution is -2.16. The molecule has 0 bridgehead atoms. The highest BCUT2D eigenvalue weighted by atomic mass is 32.2. The summed E-state index contributed by atoms with van der Waals surface area (Å²) in [6, 6.07) is 14.8. The molecular formula is C20H15NO3S. The summed E-state index contributed by atoms with van der Waals surface area (Å²) in [5.41, 5.74) is 2.16. The van der Waals surface area contributed by atoms with E-state index in [-0.39, 0.29) is 11.3 Å². The molecule has 0 saturated carbocycles. The van der Waals surface area contributed by atoms with E-state index in [1.165, 1.54) is 17.8 Å². The predicted molar refractivity (Wildman–Crippen MR) is 100 cm³/mol. The van der Waals surface area contributed by atoms with Gasteiger partial charge in [-0.15, -0.1) is 0 Å². The number of hydrogen-bond acceptors (Lipinski definition) is 5. The number of carbonyl (C=O) groups excluding carboxylic acids is 1. The van der Waals surface area contributed by atoms with Crippen molar-refractivity contribution in [3.8, 4) is 0 Å². The number of ketones is 1. The van der Waals surface area contributed by atoms with Crippen LogP contribution in [0.1, 0.15) is 15.9 Å². The number of para-hydroxylation sites is 2. The van der Waals surface area contributed by atoms with E-state index >= 15 is 0 Å². The molecule has 0 saturated heterocycles. The van der Waals surface area contributed by atoms with Crippen molar-refractivity contribution in [1.82, 2.24) is 0 Å². The van der Waals surface area contributed by atoms with Gasteiger partial charge >= 0.3 is 5.63 Å². The number of aryl methyl sites for hydroxylation is 1. The van der Waals surface area contributed by atoms with Gasteiger partial charge in [0.25, 0.3) is 0 Å². The Kier molecular flexibility index (Phi) is 3.73. The van der Waals surface area contributed by atoms with Crippen LogP contribution in [0, 0.1) is 6.92 Å². The Morgan fingerprint density at radius 3 is 2.76 bits per heavy atom. The van der Waals surface area contributed by atoms with Crippen molar-refractivity contribution in [3.05, 3.63) is 81.2 Å². The molecule has 4 nitrogen and oxygen atoms in total. The first kappa shape index (κ1) is 15.7. The quantitative estimate of drug-likeness (QED) is 0.391. The van der Waals surface area contributed by atoms with Gasteiger partial charge in [-0.05, 0) is 30.7 Å². The first-order chi connectivity index (χ1) is 12.0. The van der Waals surface area contributed by atoms with Gasteiger partial charge in [0, 0.05) is 23.4 Å². The van der Waals surface area contributed by atoms with Crippen LogP contribution < -0.4 is 10.5 Å². The molecule has 2 aromatic carbocycles. The normalized spacial score (nSPS) is 15.0. The van der Waals surface area contributed by atoms with Gasteiger partial charge < -0.3 is 9.32 Å². The van der Waals surface area contributed by atoms with Crippen molar-refractivity contribution in [1.29, 1.82) is 0 Å². The van der Waals surface area contributed by atoms with Crippen molar-refractivity contribution < 1.29 is 9.21 Å². The van der Waals surface area contributed by atoms with Crippen LogP contribution in [-0.4, -0.2) is 12.8 Å². The third kappa shape index (κ3) is 2.66. The summed E-state index contributed by atoms with van der Waals surface area (Å²) < 4.78 is 5.26. The van der Waals surface area contributed by atoms with Crippen LogP contribution in [0.5, 0.6) is 0 Å². The zero-order valence-electron chi connectivity index (χ0n) is 13.8. The van der Waals surface area contributed by atoms with Crippen molar-refractivity contribution in [2.45, 2.75) is 11.8 Å². The number of thioether (sulfide) groups is 1. The fourth-order valence-electron chi connectivity index (χ4n) is 2.99. The van der Waals surface area contributed by atoms with E-state index in [0.29, 0.717) is 5.58 Å². The van der Waals surface area contributed by atoms with E-state index in [4.69, 9.17) is 4.42 Å². The van der Waals surface area contributed by atoms with Gasteiger partial charge in [-0.2, -0.15) is 0 Å². The Morgan fingerprint density at radius 1 is 1.16 bits per heavy atom. The van der Waals surface area contributed by atoms with Gasteiger partial charge in [0.15, 0.2) is 5.78 Å². The average molecular weight is 349 g/mol. The van der Waals surface area contributed by atoms with E-state index in [0.717, 1.165) is 26.6 Å². The predicted octanol–water partition coefficient (Wildman–Crippen LogP) is 4.37. The molecule has 0 amide bonds. The number of allylic oxidation sites excluding steroid dienone is 1. The van der Waals surface area contributed by atoms with Crippen molar-refractivity contribution >= 4 is 34.2 Å². The second-order valence-electron chi connectivity index (χ2n) is 5.91. The zero-order valence-corrected chi connectivity index (χ0v) is 14.6. The van der Waals surface area contributed by atoms with Crippen LogP contribution in [0.3, 0.4) is 0 Å². The van der Waals surface area contributed by atoms with Gasteiger partial charge in [0.2, 0.25) is 0 Å². The Bertz CT molecular complexity index is 1100. The van der Waals surface area contributed by atoms with Gasteiger partial charge in [0.05, 0.1) is 10.7 Å². The second-order valence-corrected chi connectivity index (χ2v) is 6.98. The monoisotopic (exact) mass is 349 g/mol. The van der Waals surface area contributed by atoms with Gasteiger partial charge in [-0.25, -0.2) is 4.79 Å². The molecule has 1 aliphatic rings. The number of benzene rings is 2. The third-order valence-electron chi connectivity index (χ3n) is 4.24. The molecule has 0 unspecified atom stereocenters. The van der Waals surface area contributed by atoms with Gasteiger partial charge in [0.1, 0.15) is 11.1 Å². The van der Waals surface area contributed by atoms with Gasteiger partial charge in [-0.3, -0.25) is 4.79 Å². The van der Waals surface area contributed by atoms with Crippen LogP contribution in [-0.2, 0) is 0 Å². The van der Waals surface area contributed by atoms with Crippen molar-refractivity contribution in [2.75, 3.05) is 11.9 Å². The molecule has 0 N–H and O–H groups in total. The fraction of sp³-hybridized carbons (Fsp3) is 0.100. The summed E-state index contributed by atoms with van der Waals surface area (Å²) in [6.45, 7) is 2.04. The molecule has 0 aliphatic carbocycles. The maximum absolute atomic E-state index is 12.7. The van der Waals surface area contributed by atoms with Crippen LogP contribution >= 0.6 is 11.8 Å². The number of rotatable bonds is 2. The van der Waals surface area contributed by atoms with Crippen molar-refractivity contribution in [3.63, 3.8) is 0 Å². The zero-order chi connectivity index (χ0) is 17.6. The number of carbonyl (C=O) groups is 1. The summed E-state index contributed by atoms with van der Waals surface area (Å²) in [7, 11) is 1.92. The third-order valence-corrected chi connectivity index (χ3v) is 5.39. The first-order valence-corrected chi connectivity index (χ1v) is 8.66. The van der Waals surface area contributed by atoms with Crippen LogP contribution in [0.4, 0.5) is 5.69 Å². The maximum Gasteiger partial charge on any atom is 0.347 e. The molecule has 1 aromatic heterocycles. The highest BCUT2D eigenvalue weighted by Crippen LogP contribution is 2.46. The molecule has 0 atom stereocenters. The number of anilines is 1. The number of nitrogens with zero attached hydrogens (tertiary/aromatic N) is 1. The Hall–Kier alpha value is -2.79. The molecular weight excluding hydrogens is 334 g/mol. The molecule has 5 heteroatoms. The summed E-state index contributed by atoms with van der Waals surface area (Å²) in [6.07, 6.45) is 1.51. The smallest absolute Gasteiger partial charge is 0.347 e. The van der Waals surface area contributed by atoms with Crippen molar-refractivity contribution in [2.24, 2.45) is 0 Å². The number of hydrogen-bond donors (Lipinski definition) is 0. The fourth-order valence-corrected chi connectivity index (χ4v) is 4.15. The highest BCUT2D eigenvalue weighted by Gasteiger charge is 2.25. The highest BCUT2D eigenvalue weighted by molar-refractivity contribution is 8.03. The van der Waals surface area contributed by atoms with E-state index in [1.54, 1.807) is 18.2 Å². The summed E-state index contributed by atoms with van der Waals surface area (Å²) in [4.78, 5) is 27.9. The molecule has 124 valence electrons. The largest absolute Gasteiger partial charge is 0.422 e. The van der Waals surface area contributed by atoms with Gasteiger partial charge in [-0.1, -0.05) is 42.1 Å². The minimum Gasteiger partial charge on any atom is -0.422 e. The average Bonchev–Trinajstić information content (AvgIpc) is 2.91. The first-order valence-electron chi connectivity index (χ1n) is 7.85. The minimum absolute atomic E-state index is 0.0490. The van der Waals surface area contributed by atoms with Crippen LogP contribution in [0.2, 0.25) is 0 Å². The number of fused-ring (bicyclic) bond motifs is 2. The lowest BCUT2D eigenvalue weighted by molar-refractivity contribution is 0.104. The molecule has 25 heavy (non-hydrogen) atoms. The molecule has 4 rings (SSSR count). The second kappa shape index (κ2) is 5.93. The molecule has 2 heterocycles. The van der Waals surface area contributed by atoms with Crippen LogP contribution in [0.15, 0.2) is 73.7 Å². The Balaban J connectivity index is 1.74. The van der Waals surface area contributed by atoms with E-state index in [1.807, 2.05) is 49.2 Å². The molecule has 0 fully saturated rings. The maximum atomic E-state index is 12.7. The molecule has 0 radical (unpaired) electrons. The Labute approximate surface area is 148 Å². The lowest BCUT2D eigenvalue weighted by Gasteiger charge is -2.15. The molecule has 0 spiro atoms. The molecule has 1 aliphatic heterocycles. The Morgan fingerprint density at radius 2 is 1.96 bits per heavy atom. The van der Waals surface area contributed by atoms with E-state index in [2.05, 4.69) is 0 Å². The van der Waals surface area contributed by atoms with E-state index < -0.39 is 5.63 Å². The topological polar surface area (TPSA) is 50.5 Å². The SMILES string of the molecule is Cc1cccc2c1N(C)/C(=C\C(=O)c1cc3ccccc3oc1=O)S2. The standard InChI is InChI=1S/C20H15NO3S/c1-12-6-5-9-17-19(12)21(2)18(25-17)11-15(22)14-10-13-7-3-4-8-16(13)24-20(14)23/h3-11H,1-2H3/b18-11+. The summed E-state index contributed by atoms with van der Waals surface area (Å²) >= 11 is 1.52. The summed E-state index contributed by atoms with van der Waals surface area (Å²) in [5.74, 6) is -0.348. The summed E-state index contributed by atoms with van der Waals surface area (Å²) in [5, 5.41) is 1.53. The van der Waals surface area contributed by atoms with E-state index in [9.17, 15) is 9.59 Å². The molecule has 3 aromatic rings.